The number of carbonyl (C=O) groups is 1. The van der Waals surface area contributed by atoms with Gasteiger partial charge in [-0.25, -0.2) is 18.6 Å². The first-order chi connectivity index (χ1) is 8.01. The fraction of sp³-hybridized carbons (Fsp3) is 0.400. The summed E-state index contributed by atoms with van der Waals surface area (Å²) in [6.07, 6.45) is -2.86. The molecule has 0 amide bonds. The lowest BCUT2D eigenvalue weighted by atomic mass is 10.1. The van der Waals surface area contributed by atoms with Crippen LogP contribution in [0.2, 0.25) is 0 Å². The maximum atomic E-state index is 12.5. The Hall–Kier alpha value is -1.43. The Bertz CT molecular complexity index is 426. The molecule has 0 fully saturated rings. The summed E-state index contributed by atoms with van der Waals surface area (Å²) in [4.78, 5) is 14.9. The van der Waals surface area contributed by atoms with Gasteiger partial charge >= 0.3 is 5.97 Å². The number of aromatic nitrogens is 1. The third-order valence-electron chi connectivity index (χ3n) is 1.93. The lowest BCUT2D eigenvalue weighted by Gasteiger charge is -2.09. The summed E-state index contributed by atoms with van der Waals surface area (Å²) < 4.78 is 29.6. The molecule has 4 nitrogen and oxygen atoms in total. The molecule has 1 aromatic heterocycles. The van der Waals surface area contributed by atoms with Crippen molar-refractivity contribution in [1.82, 2.24) is 4.98 Å². The normalized spacial score (nSPS) is 10.6. The van der Waals surface area contributed by atoms with Gasteiger partial charge in [-0.05, 0) is 13.0 Å². The number of nitrogens with zero attached hydrogens (tertiary/aromatic N) is 1. The minimum Gasteiger partial charge on any atom is -0.505 e. The van der Waals surface area contributed by atoms with Crippen molar-refractivity contribution in [1.29, 1.82) is 0 Å². The monoisotopic (exact) mass is 265 g/mol. The third-order valence-corrected chi connectivity index (χ3v) is 2.18. The summed E-state index contributed by atoms with van der Waals surface area (Å²) in [5.74, 6) is -1.69. The molecule has 0 saturated carbocycles. The van der Waals surface area contributed by atoms with Gasteiger partial charge in [-0.1, -0.05) is 0 Å². The van der Waals surface area contributed by atoms with Crippen molar-refractivity contribution in [2.45, 2.75) is 19.2 Å². The molecular weight excluding hydrogens is 256 g/mol. The number of halogens is 3. The Kier molecular flexibility index (Phi) is 4.62. The summed E-state index contributed by atoms with van der Waals surface area (Å²) >= 11 is 5.44. The molecule has 0 aliphatic heterocycles. The molecule has 0 aliphatic carbocycles. The number of pyridine rings is 1. The van der Waals surface area contributed by atoms with E-state index in [-0.39, 0.29) is 23.7 Å². The Labute approximate surface area is 101 Å². The second kappa shape index (κ2) is 5.77. The maximum Gasteiger partial charge on any atom is 0.342 e. The molecule has 0 saturated heterocycles. The predicted molar refractivity (Wildman–Crippen MR) is 56.4 cm³/mol. The molecule has 1 rings (SSSR count). The zero-order valence-corrected chi connectivity index (χ0v) is 9.67. The Balaban J connectivity index is 3.27. The summed E-state index contributed by atoms with van der Waals surface area (Å²) in [7, 11) is 0. The van der Waals surface area contributed by atoms with Crippen molar-refractivity contribution >= 4 is 17.6 Å². The highest BCUT2D eigenvalue weighted by Crippen LogP contribution is 2.28. The zero-order valence-electron chi connectivity index (χ0n) is 8.91. The number of hydrogen-bond donors (Lipinski definition) is 1. The largest absolute Gasteiger partial charge is 0.505 e. The number of carbonyl (C=O) groups excluding carboxylic acids is 1. The molecule has 0 aliphatic rings. The molecule has 0 aromatic carbocycles. The summed E-state index contributed by atoms with van der Waals surface area (Å²) in [6.45, 7) is 1.63. The van der Waals surface area contributed by atoms with E-state index in [1.54, 1.807) is 6.92 Å². The molecule has 0 bridgehead atoms. The van der Waals surface area contributed by atoms with Crippen LogP contribution in [0.1, 0.15) is 35.1 Å². The van der Waals surface area contributed by atoms with Gasteiger partial charge in [0.15, 0.2) is 5.75 Å². The van der Waals surface area contributed by atoms with Gasteiger partial charge in [0.25, 0.3) is 6.43 Å². The van der Waals surface area contributed by atoms with Crippen LogP contribution in [0.4, 0.5) is 8.78 Å². The van der Waals surface area contributed by atoms with Gasteiger partial charge in [-0.2, -0.15) is 0 Å². The smallest absolute Gasteiger partial charge is 0.342 e. The van der Waals surface area contributed by atoms with Gasteiger partial charge < -0.3 is 9.84 Å². The Morgan fingerprint density at radius 3 is 2.76 bits per heavy atom. The molecule has 0 spiro atoms. The third kappa shape index (κ3) is 3.03. The maximum absolute atomic E-state index is 12.5. The second-order valence-electron chi connectivity index (χ2n) is 3.04. The number of aromatic hydroxyl groups is 1. The lowest BCUT2D eigenvalue weighted by Crippen LogP contribution is -2.08. The van der Waals surface area contributed by atoms with Gasteiger partial charge in [0.1, 0.15) is 11.3 Å². The van der Waals surface area contributed by atoms with Gasteiger partial charge in [-0.3, -0.25) is 0 Å². The number of hydrogen-bond acceptors (Lipinski definition) is 4. The van der Waals surface area contributed by atoms with Crippen LogP contribution in [0.3, 0.4) is 0 Å². The standard InChI is InChI=1S/C10H10ClF2NO3/c1-2-17-10(16)5-3-6(9(12)13)14-7(4-11)8(5)15/h3,9,15H,2,4H2,1H3. The predicted octanol–water partition coefficient (Wildman–Crippen LogP) is 2.64. The van der Waals surface area contributed by atoms with Crippen molar-refractivity contribution in [3.05, 3.63) is 23.0 Å². The Morgan fingerprint density at radius 1 is 1.65 bits per heavy atom. The van der Waals surface area contributed by atoms with E-state index in [9.17, 15) is 18.7 Å². The van der Waals surface area contributed by atoms with Crippen LogP contribution in [0.25, 0.3) is 0 Å². The molecule has 0 unspecified atom stereocenters. The highest BCUT2D eigenvalue weighted by Gasteiger charge is 2.21. The first kappa shape index (κ1) is 13.6. The van der Waals surface area contributed by atoms with E-state index in [0.29, 0.717) is 0 Å². The van der Waals surface area contributed by atoms with E-state index >= 15 is 0 Å². The number of esters is 1. The average Bonchev–Trinajstić information content (AvgIpc) is 2.29. The molecule has 94 valence electrons. The van der Waals surface area contributed by atoms with Crippen LogP contribution in [0.15, 0.2) is 6.07 Å². The minimum atomic E-state index is -2.86. The van der Waals surface area contributed by atoms with Crippen molar-refractivity contribution in [3.63, 3.8) is 0 Å². The lowest BCUT2D eigenvalue weighted by molar-refractivity contribution is 0.0522. The molecule has 1 N–H and O–H groups in total. The fourth-order valence-corrected chi connectivity index (χ4v) is 1.37. The molecule has 7 heteroatoms. The van der Waals surface area contributed by atoms with Crippen LogP contribution >= 0.6 is 11.6 Å². The van der Waals surface area contributed by atoms with Crippen LogP contribution in [0.5, 0.6) is 5.75 Å². The van der Waals surface area contributed by atoms with E-state index in [2.05, 4.69) is 9.72 Å². The Morgan fingerprint density at radius 2 is 2.29 bits per heavy atom. The first-order valence-electron chi connectivity index (χ1n) is 4.75. The fourth-order valence-electron chi connectivity index (χ4n) is 1.18. The van der Waals surface area contributed by atoms with E-state index in [0.717, 1.165) is 6.07 Å². The van der Waals surface area contributed by atoms with E-state index < -0.39 is 23.8 Å². The first-order valence-corrected chi connectivity index (χ1v) is 5.28. The average molecular weight is 266 g/mol. The summed E-state index contributed by atoms with van der Waals surface area (Å²) in [5, 5.41) is 9.60. The van der Waals surface area contributed by atoms with Gasteiger partial charge in [0, 0.05) is 0 Å². The van der Waals surface area contributed by atoms with Crippen LogP contribution < -0.4 is 0 Å². The van der Waals surface area contributed by atoms with E-state index in [1.807, 2.05) is 0 Å². The highest BCUT2D eigenvalue weighted by molar-refractivity contribution is 6.17. The number of alkyl halides is 3. The van der Waals surface area contributed by atoms with E-state index in [4.69, 9.17) is 11.6 Å². The second-order valence-corrected chi connectivity index (χ2v) is 3.31. The van der Waals surface area contributed by atoms with Crippen molar-refractivity contribution < 1.29 is 23.4 Å². The molecule has 0 atom stereocenters. The quantitative estimate of drug-likeness (QED) is 0.672. The van der Waals surface area contributed by atoms with Gasteiger partial charge in [0.2, 0.25) is 0 Å². The molecule has 17 heavy (non-hydrogen) atoms. The topological polar surface area (TPSA) is 59.4 Å². The van der Waals surface area contributed by atoms with Crippen molar-refractivity contribution in [2.24, 2.45) is 0 Å². The molecule has 1 heterocycles. The van der Waals surface area contributed by atoms with Crippen LogP contribution in [-0.4, -0.2) is 22.7 Å². The highest BCUT2D eigenvalue weighted by atomic mass is 35.5. The van der Waals surface area contributed by atoms with Gasteiger partial charge in [0.05, 0.1) is 18.2 Å². The van der Waals surface area contributed by atoms with Crippen molar-refractivity contribution in [3.8, 4) is 5.75 Å². The van der Waals surface area contributed by atoms with E-state index in [1.165, 1.54) is 0 Å². The summed E-state index contributed by atoms with van der Waals surface area (Å²) in [6, 6.07) is 0.800. The SMILES string of the molecule is CCOC(=O)c1cc(C(F)F)nc(CCl)c1O. The molecule has 1 aromatic rings. The zero-order chi connectivity index (χ0) is 13.0. The number of ether oxygens (including phenoxy) is 1. The number of rotatable bonds is 4. The molecule has 0 radical (unpaired) electrons. The minimum absolute atomic E-state index is 0.0703. The van der Waals surface area contributed by atoms with Gasteiger partial charge in [-0.15, -0.1) is 11.6 Å². The molecular formula is C10H10ClF2NO3. The summed E-state index contributed by atoms with van der Waals surface area (Å²) in [5.41, 5.74) is -1.15. The van der Waals surface area contributed by atoms with Crippen LogP contribution in [0, 0.1) is 0 Å². The van der Waals surface area contributed by atoms with Crippen LogP contribution in [-0.2, 0) is 10.6 Å². The van der Waals surface area contributed by atoms with Crippen molar-refractivity contribution in [2.75, 3.05) is 6.61 Å².